The van der Waals surface area contributed by atoms with Crippen LogP contribution in [0.2, 0.25) is 0 Å². The minimum atomic E-state index is -0.325. The third-order valence-corrected chi connectivity index (χ3v) is 3.59. The summed E-state index contributed by atoms with van der Waals surface area (Å²) in [6.45, 7) is 0. The highest BCUT2D eigenvalue weighted by molar-refractivity contribution is 7.71. The molecule has 5 heteroatoms. The van der Waals surface area contributed by atoms with Crippen molar-refractivity contribution in [3.63, 3.8) is 0 Å². The van der Waals surface area contributed by atoms with Crippen molar-refractivity contribution in [1.29, 1.82) is 0 Å². The summed E-state index contributed by atoms with van der Waals surface area (Å²) in [4.78, 5) is 28.3. The van der Waals surface area contributed by atoms with Crippen molar-refractivity contribution in [2.45, 2.75) is 6.42 Å². The second-order valence-electron chi connectivity index (χ2n) is 4.78. The number of fused-ring (bicyclic) bond motifs is 1. The molecular weight excluding hydrogens is 284 g/mol. The Morgan fingerprint density at radius 3 is 2.57 bits per heavy atom. The molecule has 0 radical (unpaired) electrons. The summed E-state index contributed by atoms with van der Waals surface area (Å²) in [6.07, 6.45) is 1.00. The summed E-state index contributed by atoms with van der Waals surface area (Å²) in [6, 6.07) is 14.0. The first-order chi connectivity index (χ1) is 10.2. The molecule has 0 fully saturated rings. The van der Waals surface area contributed by atoms with Crippen LogP contribution in [-0.4, -0.2) is 16.3 Å². The lowest BCUT2D eigenvalue weighted by atomic mass is 10.0. The van der Waals surface area contributed by atoms with Crippen LogP contribution in [0.4, 0.5) is 0 Å². The van der Waals surface area contributed by atoms with E-state index in [-0.39, 0.29) is 16.0 Å². The molecule has 4 nitrogen and oxygen atoms in total. The SMILES string of the molecule is O=Cc1[nH]c(=S)[nH]c(=O)c1Cc1ccc2ccccc2c1. The third-order valence-electron chi connectivity index (χ3n) is 3.39. The number of aromatic amines is 2. The van der Waals surface area contributed by atoms with Crippen molar-refractivity contribution < 1.29 is 4.79 Å². The lowest BCUT2D eigenvalue weighted by Crippen LogP contribution is -2.18. The molecule has 3 rings (SSSR count). The van der Waals surface area contributed by atoms with E-state index in [0.717, 1.165) is 16.3 Å². The maximum Gasteiger partial charge on any atom is 0.255 e. The van der Waals surface area contributed by atoms with Crippen LogP contribution in [0.5, 0.6) is 0 Å². The monoisotopic (exact) mass is 296 g/mol. The zero-order valence-electron chi connectivity index (χ0n) is 11.1. The van der Waals surface area contributed by atoms with Crippen LogP contribution < -0.4 is 5.56 Å². The van der Waals surface area contributed by atoms with Crippen LogP contribution in [0, 0.1) is 4.77 Å². The van der Waals surface area contributed by atoms with Crippen molar-refractivity contribution in [3.05, 3.63) is 74.4 Å². The average Bonchev–Trinajstić information content (AvgIpc) is 2.49. The molecule has 0 bridgehead atoms. The number of carbonyl (C=O) groups excluding carboxylic acids is 1. The van der Waals surface area contributed by atoms with Gasteiger partial charge in [-0.15, -0.1) is 0 Å². The lowest BCUT2D eigenvalue weighted by Gasteiger charge is -2.06. The molecule has 2 N–H and O–H groups in total. The van der Waals surface area contributed by atoms with Gasteiger partial charge in [-0.2, -0.15) is 0 Å². The molecule has 0 spiro atoms. The second kappa shape index (κ2) is 5.46. The predicted octanol–water partition coefficient (Wildman–Crippen LogP) is 2.99. The Bertz CT molecular complexity index is 941. The molecule has 0 saturated carbocycles. The number of aromatic nitrogens is 2. The van der Waals surface area contributed by atoms with Crippen molar-refractivity contribution >= 4 is 29.3 Å². The largest absolute Gasteiger partial charge is 0.329 e. The van der Waals surface area contributed by atoms with E-state index in [0.29, 0.717) is 18.3 Å². The summed E-state index contributed by atoms with van der Waals surface area (Å²) in [5, 5.41) is 2.24. The fourth-order valence-corrected chi connectivity index (χ4v) is 2.56. The molecule has 1 heterocycles. The Kier molecular flexibility index (Phi) is 3.50. The maximum atomic E-state index is 12.0. The lowest BCUT2D eigenvalue weighted by molar-refractivity contribution is 0.111. The molecule has 3 aromatic rings. The standard InChI is InChI=1S/C16H12N2O2S/c19-9-14-13(15(20)18-16(21)17-14)8-10-5-6-11-3-1-2-4-12(11)7-10/h1-7,9H,8H2,(H2,17,18,20,21). The van der Waals surface area contributed by atoms with Crippen molar-refractivity contribution in [3.8, 4) is 0 Å². The zero-order valence-corrected chi connectivity index (χ0v) is 11.9. The number of aldehydes is 1. The van der Waals surface area contributed by atoms with Crippen molar-refractivity contribution in [2.75, 3.05) is 0 Å². The molecule has 0 aliphatic carbocycles. The predicted molar refractivity (Wildman–Crippen MR) is 84.4 cm³/mol. The first-order valence-corrected chi connectivity index (χ1v) is 6.86. The van der Waals surface area contributed by atoms with Gasteiger partial charge in [-0.25, -0.2) is 0 Å². The van der Waals surface area contributed by atoms with E-state index >= 15 is 0 Å². The highest BCUT2D eigenvalue weighted by Crippen LogP contribution is 2.17. The fraction of sp³-hybridized carbons (Fsp3) is 0.0625. The first-order valence-electron chi connectivity index (χ1n) is 6.46. The molecule has 0 amide bonds. The molecule has 21 heavy (non-hydrogen) atoms. The topological polar surface area (TPSA) is 65.7 Å². The number of nitrogens with one attached hydrogen (secondary N) is 2. The van der Waals surface area contributed by atoms with Crippen LogP contribution in [-0.2, 0) is 6.42 Å². The van der Waals surface area contributed by atoms with Gasteiger partial charge in [0.15, 0.2) is 11.1 Å². The Labute approximate surface area is 125 Å². The molecule has 0 unspecified atom stereocenters. The summed E-state index contributed by atoms with van der Waals surface area (Å²) >= 11 is 4.87. The van der Waals surface area contributed by atoms with Gasteiger partial charge in [-0.05, 0) is 28.6 Å². The van der Waals surface area contributed by atoms with Gasteiger partial charge in [0.05, 0.1) is 5.69 Å². The number of carbonyl (C=O) groups is 1. The molecule has 1 aromatic heterocycles. The highest BCUT2D eigenvalue weighted by atomic mass is 32.1. The minimum absolute atomic E-state index is 0.157. The molecule has 2 aromatic carbocycles. The van der Waals surface area contributed by atoms with Gasteiger partial charge >= 0.3 is 0 Å². The Hall–Kier alpha value is -2.53. The van der Waals surface area contributed by atoms with E-state index in [9.17, 15) is 9.59 Å². The van der Waals surface area contributed by atoms with Crippen LogP contribution in [0.25, 0.3) is 10.8 Å². The van der Waals surface area contributed by atoms with Gasteiger partial charge in [0.25, 0.3) is 5.56 Å². The van der Waals surface area contributed by atoms with Crippen LogP contribution >= 0.6 is 12.2 Å². The van der Waals surface area contributed by atoms with Gasteiger partial charge in [-0.3, -0.25) is 14.6 Å². The van der Waals surface area contributed by atoms with Crippen LogP contribution in [0.1, 0.15) is 21.6 Å². The normalized spacial score (nSPS) is 10.7. The van der Waals surface area contributed by atoms with Crippen LogP contribution in [0.3, 0.4) is 0 Å². The summed E-state index contributed by atoms with van der Waals surface area (Å²) in [7, 11) is 0. The van der Waals surface area contributed by atoms with Crippen LogP contribution in [0.15, 0.2) is 47.3 Å². The Morgan fingerprint density at radius 2 is 1.81 bits per heavy atom. The van der Waals surface area contributed by atoms with E-state index < -0.39 is 0 Å². The van der Waals surface area contributed by atoms with E-state index in [4.69, 9.17) is 12.2 Å². The maximum absolute atomic E-state index is 12.0. The summed E-state index contributed by atoms with van der Waals surface area (Å²) < 4.78 is 0.157. The highest BCUT2D eigenvalue weighted by Gasteiger charge is 2.09. The number of H-pyrrole nitrogens is 2. The molecule has 0 aliphatic rings. The van der Waals surface area contributed by atoms with Crippen molar-refractivity contribution in [1.82, 2.24) is 9.97 Å². The molecule has 0 aliphatic heterocycles. The van der Waals surface area contributed by atoms with E-state index in [1.54, 1.807) is 0 Å². The molecular formula is C16H12N2O2S. The van der Waals surface area contributed by atoms with Gasteiger partial charge in [0.1, 0.15) is 0 Å². The number of hydrogen-bond acceptors (Lipinski definition) is 3. The first kappa shape index (κ1) is 13.5. The number of benzene rings is 2. The zero-order chi connectivity index (χ0) is 14.8. The molecule has 0 saturated heterocycles. The average molecular weight is 296 g/mol. The molecule has 0 atom stereocenters. The van der Waals surface area contributed by atoms with E-state index in [1.165, 1.54) is 0 Å². The number of hydrogen-bond donors (Lipinski definition) is 2. The van der Waals surface area contributed by atoms with Crippen molar-refractivity contribution in [2.24, 2.45) is 0 Å². The second-order valence-corrected chi connectivity index (χ2v) is 5.18. The van der Waals surface area contributed by atoms with E-state index in [1.807, 2.05) is 42.5 Å². The third kappa shape index (κ3) is 2.68. The van der Waals surface area contributed by atoms with Gasteiger partial charge < -0.3 is 4.98 Å². The smallest absolute Gasteiger partial charge is 0.255 e. The summed E-state index contributed by atoms with van der Waals surface area (Å²) in [5.41, 5.74) is 1.27. The quantitative estimate of drug-likeness (QED) is 0.577. The minimum Gasteiger partial charge on any atom is -0.329 e. The summed E-state index contributed by atoms with van der Waals surface area (Å²) in [5.74, 6) is 0. The van der Waals surface area contributed by atoms with E-state index in [2.05, 4.69) is 9.97 Å². The molecule has 104 valence electrons. The Morgan fingerprint density at radius 1 is 1.05 bits per heavy atom. The van der Waals surface area contributed by atoms with Gasteiger partial charge in [0.2, 0.25) is 0 Å². The van der Waals surface area contributed by atoms with Gasteiger partial charge in [0, 0.05) is 12.0 Å². The van der Waals surface area contributed by atoms with Gasteiger partial charge in [-0.1, -0.05) is 42.5 Å². The number of rotatable bonds is 3. The fourth-order valence-electron chi connectivity index (χ4n) is 2.36. The Balaban J connectivity index is 2.08.